The van der Waals surface area contributed by atoms with Gasteiger partial charge in [-0.05, 0) is 50.1 Å². The highest BCUT2D eigenvalue weighted by atomic mass is 19.3. The Bertz CT molecular complexity index is 1890. The zero-order valence-corrected chi connectivity index (χ0v) is 24.1. The van der Waals surface area contributed by atoms with Gasteiger partial charge >= 0.3 is 0 Å². The predicted molar refractivity (Wildman–Crippen MR) is 155 cm³/mol. The Morgan fingerprint density at radius 1 is 1.09 bits per heavy atom. The topological polar surface area (TPSA) is 132 Å². The van der Waals surface area contributed by atoms with E-state index in [1.165, 1.54) is 39.8 Å². The molecular formula is C30H27F3N10O2. The molecule has 0 atom stereocenters. The molecule has 1 N–H and O–H groups in total. The minimum absolute atomic E-state index is 0.0608. The molecule has 0 radical (unpaired) electrons. The normalized spacial score (nSPS) is 16.2. The second-order valence-electron chi connectivity index (χ2n) is 10.9. The van der Waals surface area contributed by atoms with Crippen LogP contribution >= 0.6 is 0 Å². The van der Waals surface area contributed by atoms with Gasteiger partial charge in [0.2, 0.25) is 5.88 Å². The van der Waals surface area contributed by atoms with E-state index in [1.807, 2.05) is 6.07 Å². The van der Waals surface area contributed by atoms with Crippen LogP contribution in [0.25, 0.3) is 22.7 Å². The molecule has 5 aromatic rings. The van der Waals surface area contributed by atoms with Crippen molar-refractivity contribution < 1.29 is 22.6 Å². The van der Waals surface area contributed by atoms with Crippen molar-refractivity contribution in [1.82, 2.24) is 39.4 Å². The number of benzene rings is 1. The number of aromatic nitrogens is 7. The number of nitrogens with zero attached hydrogens (tertiary/aromatic N) is 9. The average molecular weight is 617 g/mol. The van der Waals surface area contributed by atoms with Crippen molar-refractivity contribution in [3.8, 4) is 23.6 Å². The molecular weight excluding hydrogens is 589 g/mol. The van der Waals surface area contributed by atoms with E-state index in [0.717, 1.165) is 39.1 Å². The number of piperidine rings is 1. The van der Waals surface area contributed by atoms with Crippen LogP contribution in [0.1, 0.15) is 36.2 Å². The number of anilines is 2. The number of likely N-dealkylation sites (tertiary alicyclic amines) is 1. The molecule has 230 valence electrons. The molecule has 0 aliphatic carbocycles. The number of hydrogen-bond acceptors (Lipinski definition) is 10. The Labute approximate surface area is 255 Å². The first kappa shape index (κ1) is 28.7. The van der Waals surface area contributed by atoms with Crippen molar-refractivity contribution in [2.75, 3.05) is 31.6 Å². The summed E-state index contributed by atoms with van der Waals surface area (Å²) in [6, 6.07) is 13.0. The van der Waals surface area contributed by atoms with Gasteiger partial charge < -0.3 is 14.8 Å². The standard InChI is InChI=1S/C30H27F3N10O2/c1-17-10-24(29(32)33)40-43(17)30-18(13-34)2-4-27(37-30)42-16-35-23-12-22(21(31)11-25(23)42)36-26-3-5-28(39-38-26)45-20-6-8-41(9-7-20)19-14-44-15-19/h2-5,10-12,16,19-20,29H,6-9,14-15H2,1H3,(H,36,38). The second kappa shape index (κ2) is 11.8. The fourth-order valence-corrected chi connectivity index (χ4v) is 5.50. The van der Waals surface area contributed by atoms with E-state index in [4.69, 9.17) is 9.47 Å². The van der Waals surface area contributed by atoms with Crippen LogP contribution < -0.4 is 10.1 Å². The van der Waals surface area contributed by atoms with E-state index in [1.54, 1.807) is 25.1 Å². The van der Waals surface area contributed by atoms with Crippen molar-refractivity contribution in [2.45, 2.75) is 38.3 Å². The quantitative estimate of drug-likeness (QED) is 0.263. The molecule has 0 bridgehead atoms. The molecule has 0 unspecified atom stereocenters. The van der Waals surface area contributed by atoms with Gasteiger partial charge in [0.05, 0.1) is 41.5 Å². The van der Waals surface area contributed by atoms with E-state index in [9.17, 15) is 14.0 Å². The molecule has 12 nitrogen and oxygen atoms in total. The number of ether oxygens (including phenoxy) is 2. The average Bonchev–Trinajstić information content (AvgIpc) is 3.61. The maximum atomic E-state index is 15.3. The first-order valence-corrected chi connectivity index (χ1v) is 14.4. The summed E-state index contributed by atoms with van der Waals surface area (Å²) in [5.74, 6) is 0.527. The van der Waals surface area contributed by atoms with Crippen LogP contribution in [0.3, 0.4) is 0 Å². The lowest BCUT2D eigenvalue weighted by molar-refractivity contribution is -0.0780. The van der Waals surface area contributed by atoms with Crippen LogP contribution in [0.5, 0.6) is 5.88 Å². The van der Waals surface area contributed by atoms with Crippen molar-refractivity contribution in [3.05, 3.63) is 71.6 Å². The molecule has 0 spiro atoms. The van der Waals surface area contributed by atoms with Crippen LogP contribution in [-0.4, -0.2) is 77.9 Å². The van der Waals surface area contributed by atoms with Gasteiger partial charge in [-0.3, -0.25) is 9.47 Å². The summed E-state index contributed by atoms with van der Waals surface area (Å²) >= 11 is 0. The number of halogens is 3. The molecule has 2 aliphatic rings. The summed E-state index contributed by atoms with van der Waals surface area (Å²) in [5, 5.41) is 24.8. The Kier molecular flexibility index (Phi) is 7.51. The molecule has 4 aromatic heterocycles. The van der Waals surface area contributed by atoms with Gasteiger partial charge in [-0.15, -0.1) is 10.2 Å². The lowest BCUT2D eigenvalue weighted by atomic mass is 10.0. The van der Waals surface area contributed by atoms with E-state index in [-0.39, 0.29) is 23.2 Å². The zero-order valence-electron chi connectivity index (χ0n) is 24.1. The SMILES string of the molecule is Cc1cc(C(F)F)nn1-c1nc(-n2cnc3cc(Nc4ccc(OC5CCN(C6COC6)CC5)nn4)c(F)cc32)ccc1C#N. The molecule has 1 aromatic carbocycles. The van der Waals surface area contributed by atoms with Gasteiger partial charge in [-0.25, -0.2) is 27.8 Å². The number of hydrogen-bond donors (Lipinski definition) is 1. The summed E-state index contributed by atoms with van der Waals surface area (Å²) in [6.07, 6.45) is 0.546. The van der Waals surface area contributed by atoms with Crippen LogP contribution in [0.2, 0.25) is 0 Å². The minimum Gasteiger partial charge on any atom is -0.473 e. The Morgan fingerprint density at radius 3 is 2.58 bits per heavy atom. The highest BCUT2D eigenvalue weighted by Crippen LogP contribution is 2.28. The molecule has 6 heterocycles. The largest absolute Gasteiger partial charge is 0.473 e. The molecule has 45 heavy (non-hydrogen) atoms. The van der Waals surface area contributed by atoms with E-state index < -0.39 is 17.9 Å². The van der Waals surface area contributed by atoms with Crippen LogP contribution in [0.4, 0.5) is 24.7 Å². The van der Waals surface area contributed by atoms with Gasteiger partial charge in [-0.2, -0.15) is 10.4 Å². The fraction of sp³-hybridized carbons (Fsp3) is 0.333. The maximum absolute atomic E-state index is 15.3. The first-order valence-electron chi connectivity index (χ1n) is 14.4. The number of nitrogens with one attached hydrogen (secondary N) is 1. The van der Waals surface area contributed by atoms with Crippen LogP contribution in [0.15, 0.2) is 48.8 Å². The number of aryl methyl sites for hydroxylation is 1. The van der Waals surface area contributed by atoms with Gasteiger partial charge in [0.1, 0.15) is 35.8 Å². The summed E-state index contributed by atoms with van der Waals surface area (Å²) in [7, 11) is 0. The minimum atomic E-state index is -2.78. The number of fused-ring (bicyclic) bond motifs is 1. The van der Waals surface area contributed by atoms with Gasteiger partial charge in [0.15, 0.2) is 11.6 Å². The van der Waals surface area contributed by atoms with Crippen molar-refractivity contribution in [2.24, 2.45) is 0 Å². The fourth-order valence-electron chi connectivity index (χ4n) is 5.50. The van der Waals surface area contributed by atoms with Crippen LogP contribution in [-0.2, 0) is 4.74 Å². The molecule has 2 aliphatic heterocycles. The Morgan fingerprint density at radius 2 is 1.91 bits per heavy atom. The van der Waals surface area contributed by atoms with Gasteiger partial charge in [0, 0.05) is 30.9 Å². The third-order valence-corrected chi connectivity index (χ3v) is 8.00. The van der Waals surface area contributed by atoms with Crippen molar-refractivity contribution >= 4 is 22.5 Å². The molecule has 0 amide bonds. The molecule has 2 fully saturated rings. The van der Waals surface area contributed by atoms with Crippen LogP contribution in [0, 0.1) is 24.1 Å². The third-order valence-electron chi connectivity index (χ3n) is 8.00. The summed E-state index contributed by atoms with van der Waals surface area (Å²) in [4.78, 5) is 11.3. The summed E-state index contributed by atoms with van der Waals surface area (Å²) < 4.78 is 55.9. The number of imidazole rings is 1. The second-order valence-corrected chi connectivity index (χ2v) is 10.9. The number of rotatable bonds is 8. The Hall–Kier alpha value is -5.07. The first-order chi connectivity index (χ1) is 21.9. The highest BCUT2D eigenvalue weighted by molar-refractivity contribution is 5.82. The van der Waals surface area contributed by atoms with Gasteiger partial charge in [-0.1, -0.05) is 0 Å². The maximum Gasteiger partial charge on any atom is 0.282 e. The van der Waals surface area contributed by atoms with E-state index in [2.05, 4.69) is 35.5 Å². The van der Waals surface area contributed by atoms with Gasteiger partial charge in [0.25, 0.3) is 6.43 Å². The Balaban J connectivity index is 1.07. The summed E-state index contributed by atoms with van der Waals surface area (Å²) in [6.45, 7) is 5.11. The smallest absolute Gasteiger partial charge is 0.282 e. The summed E-state index contributed by atoms with van der Waals surface area (Å²) in [5.41, 5.74) is 1.08. The number of pyridine rings is 1. The van der Waals surface area contributed by atoms with E-state index in [0.29, 0.717) is 40.3 Å². The number of nitriles is 1. The predicted octanol–water partition coefficient (Wildman–Crippen LogP) is 4.64. The molecule has 0 saturated carbocycles. The zero-order chi connectivity index (χ0) is 31.1. The molecule has 2 saturated heterocycles. The van der Waals surface area contributed by atoms with E-state index >= 15 is 4.39 Å². The monoisotopic (exact) mass is 616 g/mol. The number of alkyl halides is 2. The molecule has 7 rings (SSSR count). The highest BCUT2D eigenvalue weighted by Gasteiger charge is 2.30. The molecule has 15 heteroatoms. The van der Waals surface area contributed by atoms with Crippen molar-refractivity contribution in [3.63, 3.8) is 0 Å². The lowest BCUT2D eigenvalue weighted by Gasteiger charge is -2.41. The van der Waals surface area contributed by atoms with Crippen molar-refractivity contribution in [1.29, 1.82) is 5.26 Å². The lowest BCUT2D eigenvalue weighted by Crippen LogP contribution is -2.52. The third kappa shape index (κ3) is 5.65.